The first kappa shape index (κ1) is 17.7. The molecule has 0 atom stereocenters. The number of esters is 1. The summed E-state index contributed by atoms with van der Waals surface area (Å²) in [7, 11) is 0. The Labute approximate surface area is 131 Å². The van der Waals surface area contributed by atoms with E-state index in [1.165, 1.54) is 6.08 Å². The van der Waals surface area contributed by atoms with Crippen LogP contribution in [0, 0.1) is 0 Å². The number of rotatable bonds is 7. The standard InChI is InChI=1S/C18H23NO3/c1-4-7-8-12-17(21)22-13-16(20)19-18-14(5-2)10-9-11-15(18)6-3/h4,7-12H,5-6,13H2,1-3H3,(H,19,20)/b7-4+,12-8+. The molecule has 0 spiro atoms. The number of aryl methyl sites for hydroxylation is 2. The van der Waals surface area contributed by atoms with Crippen LogP contribution in [0.3, 0.4) is 0 Å². The summed E-state index contributed by atoms with van der Waals surface area (Å²) in [5.41, 5.74) is 2.98. The number of hydrogen-bond acceptors (Lipinski definition) is 3. The third kappa shape index (κ3) is 5.56. The van der Waals surface area contributed by atoms with Crippen LogP contribution in [0.15, 0.2) is 42.5 Å². The highest BCUT2D eigenvalue weighted by Gasteiger charge is 2.11. The molecule has 0 aliphatic rings. The number of amides is 1. The van der Waals surface area contributed by atoms with Crippen LogP contribution in [-0.2, 0) is 27.2 Å². The molecule has 0 unspecified atom stereocenters. The number of allylic oxidation sites excluding steroid dienone is 3. The zero-order valence-corrected chi connectivity index (χ0v) is 13.4. The molecule has 0 aliphatic carbocycles. The first-order valence-corrected chi connectivity index (χ1v) is 7.49. The van der Waals surface area contributed by atoms with Gasteiger partial charge in [0.25, 0.3) is 5.91 Å². The summed E-state index contributed by atoms with van der Waals surface area (Å²) >= 11 is 0. The lowest BCUT2D eigenvalue weighted by molar-refractivity contribution is -0.142. The van der Waals surface area contributed by atoms with Gasteiger partial charge < -0.3 is 10.1 Å². The van der Waals surface area contributed by atoms with Crippen molar-refractivity contribution >= 4 is 17.6 Å². The predicted molar refractivity (Wildman–Crippen MR) is 88.7 cm³/mol. The van der Waals surface area contributed by atoms with E-state index < -0.39 is 5.97 Å². The Kier molecular flexibility index (Phi) is 7.68. The zero-order chi connectivity index (χ0) is 16.4. The molecule has 0 aromatic heterocycles. The monoisotopic (exact) mass is 301 g/mol. The van der Waals surface area contributed by atoms with Gasteiger partial charge in [0.15, 0.2) is 6.61 Å². The van der Waals surface area contributed by atoms with Crippen LogP contribution in [0.2, 0.25) is 0 Å². The summed E-state index contributed by atoms with van der Waals surface area (Å²) in [6.07, 6.45) is 8.02. The second-order valence-electron chi connectivity index (χ2n) is 4.70. The minimum absolute atomic E-state index is 0.291. The SMILES string of the molecule is C/C=C/C=C/C(=O)OCC(=O)Nc1c(CC)cccc1CC. The van der Waals surface area contributed by atoms with Crippen molar-refractivity contribution in [1.29, 1.82) is 0 Å². The first-order chi connectivity index (χ1) is 10.6. The lowest BCUT2D eigenvalue weighted by atomic mass is 10.0. The van der Waals surface area contributed by atoms with Crippen LogP contribution >= 0.6 is 0 Å². The molecular formula is C18H23NO3. The van der Waals surface area contributed by atoms with Gasteiger partial charge in [-0.1, -0.05) is 50.3 Å². The molecule has 1 aromatic carbocycles. The highest BCUT2D eigenvalue weighted by atomic mass is 16.5. The summed E-state index contributed by atoms with van der Waals surface area (Å²) < 4.78 is 4.90. The van der Waals surface area contributed by atoms with Crippen molar-refractivity contribution in [2.45, 2.75) is 33.6 Å². The van der Waals surface area contributed by atoms with Gasteiger partial charge in [0.05, 0.1) is 0 Å². The van der Waals surface area contributed by atoms with Gasteiger partial charge in [0, 0.05) is 11.8 Å². The lowest BCUT2D eigenvalue weighted by Crippen LogP contribution is -2.21. The number of ether oxygens (including phenoxy) is 1. The summed E-state index contributed by atoms with van der Waals surface area (Å²) in [5.74, 6) is -0.865. The Balaban J connectivity index is 2.64. The molecule has 0 fully saturated rings. The number of carbonyl (C=O) groups is 2. The average Bonchev–Trinajstić information content (AvgIpc) is 2.53. The maximum Gasteiger partial charge on any atom is 0.331 e. The molecule has 0 saturated heterocycles. The number of para-hydroxylation sites is 1. The quantitative estimate of drug-likeness (QED) is 0.477. The fourth-order valence-corrected chi connectivity index (χ4v) is 2.01. The van der Waals surface area contributed by atoms with E-state index >= 15 is 0 Å². The zero-order valence-electron chi connectivity index (χ0n) is 13.4. The van der Waals surface area contributed by atoms with Gasteiger partial charge in [-0.2, -0.15) is 0 Å². The highest BCUT2D eigenvalue weighted by molar-refractivity contribution is 5.95. The molecule has 0 saturated carbocycles. The van der Waals surface area contributed by atoms with Gasteiger partial charge >= 0.3 is 5.97 Å². The Bertz CT molecular complexity index is 551. The molecular weight excluding hydrogens is 278 g/mol. The number of hydrogen-bond donors (Lipinski definition) is 1. The maximum atomic E-state index is 12.0. The van der Waals surface area contributed by atoms with Crippen molar-refractivity contribution < 1.29 is 14.3 Å². The third-order valence-corrected chi connectivity index (χ3v) is 3.14. The van der Waals surface area contributed by atoms with E-state index in [-0.39, 0.29) is 12.5 Å². The fourth-order valence-electron chi connectivity index (χ4n) is 2.01. The van der Waals surface area contributed by atoms with Crippen LogP contribution < -0.4 is 5.32 Å². The van der Waals surface area contributed by atoms with Crippen LogP contribution in [0.1, 0.15) is 31.9 Å². The summed E-state index contributed by atoms with van der Waals surface area (Å²) in [6.45, 7) is 5.63. The van der Waals surface area contributed by atoms with Crippen molar-refractivity contribution in [2.24, 2.45) is 0 Å². The second kappa shape index (κ2) is 9.55. The van der Waals surface area contributed by atoms with E-state index in [1.54, 1.807) is 18.2 Å². The first-order valence-electron chi connectivity index (χ1n) is 7.49. The van der Waals surface area contributed by atoms with Gasteiger partial charge in [-0.25, -0.2) is 4.79 Å². The van der Waals surface area contributed by atoms with Gasteiger partial charge in [-0.15, -0.1) is 0 Å². The summed E-state index contributed by atoms with van der Waals surface area (Å²) in [4.78, 5) is 23.4. The minimum Gasteiger partial charge on any atom is -0.452 e. The Morgan fingerprint density at radius 1 is 1.14 bits per heavy atom. The molecule has 22 heavy (non-hydrogen) atoms. The molecule has 1 rings (SSSR count). The number of anilines is 1. The number of benzene rings is 1. The highest BCUT2D eigenvalue weighted by Crippen LogP contribution is 2.22. The van der Waals surface area contributed by atoms with E-state index in [2.05, 4.69) is 5.32 Å². The van der Waals surface area contributed by atoms with Crippen molar-refractivity contribution in [3.05, 3.63) is 53.6 Å². The molecule has 0 radical (unpaired) electrons. The molecule has 1 amide bonds. The van der Waals surface area contributed by atoms with Crippen molar-refractivity contribution in [1.82, 2.24) is 0 Å². The molecule has 1 aromatic rings. The molecule has 1 N–H and O–H groups in total. The number of nitrogens with one attached hydrogen (secondary N) is 1. The van der Waals surface area contributed by atoms with E-state index in [0.717, 1.165) is 29.7 Å². The molecule has 4 heteroatoms. The fraction of sp³-hybridized carbons (Fsp3) is 0.333. The van der Waals surface area contributed by atoms with Gasteiger partial charge in [-0.3, -0.25) is 4.79 Å². The average molecular weight is 301 g/mol. The summed E-state index contributed by atoms with van der Waals surface area (Å²) in [6, 6.07) is 5.96. The topological polar surface area (TPSA) is 55.4 Å². The van der Waals surface area contributed by atoms with Crippen molar-refractivity contribution in [2.75, 3.05) is 11.9 Å². The van der Waals surface area contributed by atoms with Gasteiger partial charge in [0.1, 0.15) is 0 Å². The Morgan fingerprint density at radius 3 is 2.32 bits per heavy atom. The van der Waals surface area contributed by atoms with Crippen LogP contribution in [0.5, 0.6) is 0 Å². The van der Waals surface area contributed by atoms with Crippen molar-refractivity contribution in [3.8, 4) is 0 Å². The summed E-state index contributed by atoms with van der Waals surface area (Å²) in [5, 5.41) is 2.85. The molecule has 0 bridgehead atoms. The molecule has 4 nitrogen and oxygen atoms in total. The van der Waals surface area contributed by atoms with E-state index in [9.17, 15) is 9.59 Å². The number of carbonyl (C=O) groups excluding carboxylic acids is 2. The van der Waals surface area contributed by atoms with E-state index in [1.807, 2.05) is 39.0 Å². The third-order valence-electron chi connectivity index (χ3n) is 3.14. The predicted octanol–water partition coefficient (Wildman–Crippen LogP) is 3.43. The minimum atomic E-state index is -0.534. The normalized spacial score (nSPS) is 11.0. The Morgan fingerprint density at radius 2 is 1.77 bits per heavy atom. The second-order valence-corrected chi connectivity index (χ2v) is 4.70. The van der Waals surface area contributed by atoms with Gasteiger partial charge in [0.2, 0.25) is 0 Å². The molecule has 0 aliphatic heterocycles. The van der Waals surface area contributed by atoms with E-state index in [0.29, 0.717) is 0 Å². The largest absolute Gasteiger partial charge is 0.452 e. The van der Waals surface area contributed by atoms with Crippen molar-refractivity contribution in [3.63, 3.8) is 0 Å². The maximum absolute atomic E-state index is 12.0. The van der Waals surface area contributed by atoms with Crippen LogP contribution in [-0.4, -0.2) is 18.5 Å². The van der Waals surface area contributed by atoms with Gasteiger partial charge in [-0.05, 0) is 30.9 Å². The lowest BCUT2D eigenvalue weighted by Gasteiger charge is -2.14. The van der Waals surface area contributed by atoms with Crippen LogP contribution in [0.4, 0.5) is 5.69 Å². The van der Waals surface area contributed by atoms with E-state index in [4.69, 9.17) is 4.74 Å². The smallest absolute Gasteiger partial charge is 0.331 e. The molecule has 118 valence electrons. The van der Waals surface area contributed by atoms with Crippen LogP contribution in [0.25, 0.3) is 0 Å². The Hall–Kier alpha value is -2.36. The molecule has 0 heterocycles.